The minimum atomic E-state index is -0.736. The summed E-state index contributed by atoms with van der Waals surface area (Å²) in [6.45, 7) is 8.09. The summed E-state index contributed by atoms with van der Waals surface area (Å²) >= 11 is 0. The standard InChI is InChI=1S/C18H33NO6/c1-12(21)14(11-20)15(19-16(22)25-17(2,3)4)13-5-7-18(8-6-13)23-9-10-24-18/h12-15,20-21H,5-11H2,1-4H3,(H,19,22). The van der Waals surface area contributed by atoms with E-state index in [1.54, 1.807) is 27.7 Å². The number of nitrogens with one attached hydrogen (secondary N) is 1. The zero-order valence-corrected chi connectivity index (χ0v) is 15.8. The minimum absolute atomic E-state index is 0.123. The van der Waals surface area contributed by atoms with Gasteiger partial charge in [-0.15, -0.1) is 0 Å². The number of carbonyl (C=O) groups is 1. The van der Waals surface area contributed by atoms with Crippen LogP contribution in [0.2, 0.25) is 0 Å². The van der Waals surface area contributed by atoms with Gasteiger partial charge in [-0.3, -0.25) is 0 Å². The van der Waals surface area contributed by atoms with Crippen LogP contribution in [0.15, 0.2) is 0 Å². The topological polar surface area (TPSA) is 97.3 Å². The molecule has 2 rings (SSSR count). The third-order valence-electron chi connectivity index (χ3n) is 5.09. The Morgan fingerprint density at radius 3 is 2.28 bits per heavy atom. The maximum atomic E-state index is 12.3. The van der Waals surface area contributed by atoms with Crippen molar-refractivity contribution in [2.45, 2.75) is 76.9 Å². The fraction of sp³-hybridized carbons (Fsp3) is 0.944. The minimum Gasteiger partial charge on any atom is -0.444 e. The summed E-state index contributed by atoms with van der Waals surface area (Å²) < 4.78 is 16.9. The summed E-state index contributed by atoms with van der Waals surface area (Å²) in [6, 6.07) is -0.362. The second kappa shape index (κ2) is 8.20. The van der Waals surface area contributed by atoms with Crippen molar-refractivity contribution < 1.29 is 29.2 Å². The lowest BCUT2D eigenvalue weighted by atomic mass is 9.75. The van der Waals surface area contributed by atoms with Gasteiger partial charge in [0, 0.05) is 24.8 Å². The Balaban J connectivity index is 2.05. The molecule has 3 N–H and O–H groups in total. The molecule has 1 heterocycles. The molecule has 7 nitrogen and oxygen atoms in total. The van der Waals surface area contributed by atoms with Crippen molar-refractivity contribution in [3.8, 4) is 0 Å². The largest absolute Gasteiger partial charge is 0.444 e. The summed E-state index contributed by atoms with van der Waals surface area (Å²) in [7, 11) is 0. The Bertz CT molecular complexity index is 431. The Kier molecular flexibility index (Phi) is 6.70. The molecular weight excluding hydrogens is 326 g/mol. The van der Waals surface area contributed by atoms with Gasteiger partial charge in [-0.2, -0.15) is 0 Å². The van der Waals surface area contributed by atoms with Gasteiger partial charge in [-0.1, -0.05) is 0 Å². The molecule has 2 aliphatic rings. The van der Waals surface area contributed by atoms with E-state index in [1.165, 1.54) is 0 Å². The molecule has 0 radical (unpaired) electrons. The summed E-state index contributed by atoms with van der Waals surface area (Å²) in [5, 5.41) is 22.7. The number of amides is 1. The van der Waals surface area contributed by atoms with E-state index in [4.69, 9.17) is 14.2 Å². The van der Waals surface area contributed by atoms with Gasteiger partial charge in [0.2, 0.25) is 0 Å². The number of hydrogen-bond acceptors (Lipinski definition) is 6. The van der Waals surface area contributed by atoms with Gasteiger partial charge in [-0.25, -0.2) is 4.79 Å². The van der Waals surface area contributed by atoms with Gasteiger partial charge in [0.05, 0.1) is 25.9 Å². The molecule has 25 heavy (non-hydrogen) atoms. The van der Waals surface area contributed by atoms with E-state index in [0.717, 1.165) is 25.7 Å². The highest BCUT2D eigenvalue weighted by Gasteiger charge is 2.44. The molecule has 7 heteroatoms. The van der Waals surface area contributed by atoms with Gasteiger partial charge in [-0.05, 0) is 46.5 Å². The van der Waals surface area contributed by atoms with Gasteiger partial charge in [0.1, 0.15) is 5.60 Å². The molecule has 3 unspecified atom stereocenters. The zero-order valence-electron chi connectivity index (χ0n) is 15.8. The van der Waals surface area contributed by atoms with Crippen molar-refractivity contribution >= 4 is 6.09 Å². The normalized spacial score (nSPS) is 24.7. The van der Waals surface area contributed by atoms with Crippen molar-refractivity contribution in [3.05, 3.63) is 0 Å². The molecule has 1 amide bonds. The van der Waals surface area contributed by atoms with Crippen LogP contribution < -0.4 is 5.32 Å². The van der Waals surface area contributed by atoms with Gasteiger partial charge >= 0.3 is 6.09 Å². The first kappa shape index (κ1) is 20.4. The van der Waals surface area contributed by atoms with Crippen molar-refractivity contribution in [2.75, 3.05) is 19.8 Å². The van der Waals surface area contributed by atoms with Crippen LogP contribution in [0.5, 0.6) is 0 Å². The zero-order chi connectivity index (χ0) is 18.7. The van der Waals surface area contributed by atoms with Crippen LogP contribution in [-0.4, -0.2) is 59.7 Å². The molecule has 1 saturated carbocycles. The molecule has 0 bridgehead atoms. The van der Waals surface area contributed by atoms with Gasteiger partial charge in [0.25, 0.3) is 0 Å². The molecular formula is C18H33NO6. The van der Waals surface area contributed by atoms with Crippen LogP contribution in [0.1, 0.15) is 53.4 Å². The Morgan fingerprint density at radius 2 is 1.84 bits per heavy atom. The van der Waals surface area contributed by atoms with Crippen LogP contribution in [0, 0.1) is 11.8 Å². The van der Waals surface area contributed by atoms with Crippen LogP contribution in [0.3, 0.4) is 0 Å². The maximum absolute atomic E-state index is 12.3. The van der Waals surface area contributed by atoms with Gasteiger partial charge in [0.15, 0.2) is 5.79 Å². The molecule has 1 aliphatic heterocycles. The first-order valence-corrected chi connectivity index (χ1v) is 9.22. The number of aliphatic hydroxyl groups excluding tert-OH is 2. The van der Waals surface area contributed by atoms with Crippen molar-refractivity contribution in [2.24, 2.45) is 11.8 Å². The van der Waals surface area contributed by atoms with E-state index in [1.807, 2.05) is 0 Å². The maximum Gasteiger partial charge on any atom is 0.407 e. The van der Waals surface area contributed by atoms with E-state index in [-0.39, 0.29) is 18.6 Å². The average Bonchev–Trinajstić information content (AvgIpc) is 2.94. The number of hydrogen-bond donors (Lipinski definition) is 3. The fourth-order valence-corrected chi connectivity index (χ4v) is 3.81. The summed E-state index contributed by atoms with van der Waals surface area (Å²) in [5.74, 6) is -0.804. The first-order valence-electron chi connectivity index (χ1n) is 9.22. The monoisotopic (exact) mass is 359 g/mol. The Hall–Kier alpha value is -0.890. The molecule has 3 atom stereocenters. The Morgan fingerprint density at radius 1 is 1.28 bits per heavy atom. The number of carbonyl (C=O) groups excluding carboxylic acids is 1. The lowest BCUT2D eigenvalue weighted by molar-refractivity contribution is -0.185. The van der Waals surface area contributed by atoms with Crippen LogP contribution in [-0.2, 0) is 14.2 Å². The van der Waals surface area contributed by atoms with E-state index < -0.39 is 29.5 Å². The molecule has 1 spiro atoms. The lowest BCUT2D eigenvalue weighted by Gasteiger charge is -2.41. The molecule has 0 aromatic rings. The van der Waals surface area contributed by atoms with E-state index >= 15 is 0 Å². The number of alkyl carbamates (subject to hydrolysis) is 1. The molecule has 0 aromatic heterocycles. The lowest BCUT2D eigenvalue weighted by Crippen LogP contribution is -2.53. The van der Waals surface area contributed by atoms with Crippen LogP contribution >= 0.6 is 0 Å². The predicted octanol–water partition coefficient (Wildman–Crippen LogP) is 1.80. The van der Waals surface area contributed by atoms with E-state index in [2.05, 4.69) is 5.32 Å². The quantitative estimate of drug-likeness (QED) is 0.693. The highest BCUT2D eigenvalue weighted by atomic mass is 16.7. The number of aliphatic hydroxyl groups is 2. The second-order valence-electron chi connectivity index (χ2n) is 8.20. The van der Waals surface area contributed by atoms with E-state index in [0.29, 0.717) is 13.2 Å². The predicted molar refractivity (Wildman–Crippen MR) is 92.0 cm³/mol. The summed E-state index contributed by atoms with van der Waals surface area (Å²) in [4.78, 5) is 12.3. The summed E-state index contributed by atoms with van der Waals surface area (Å²) in [6.07, 6.45) is 1.84. The SMILES string of the molecule is CC(O)C(CO)C(NC(=O)OC(C)(C)C)C1CCC2(CC1)OCCO2. The molecule has 2 fully saturated rings. The molecule has 1 aliphatic carbocycles. The smallest absolute Gasteiger partial charge is 0.407 e. The highest BCUT2D eigenvalue weighted by Crippen LogP contribution is 2.40. The van der Waals surface area contributed by atoms with Crippen molar-refractivity contribution in [1.29, 1.82) is 0 Å². The van der Waals surface area contributed by atoms with Crippen molar-refractivity contribution in [3.63, 3.8) is 0 Å². The fourth-order valence-electron chi connectivity index (χ4n) is 3.81. The average molecular weight is 359 g/mol. The number of ether oxygens (including phenoxy) is 3. The van der Waals surface area contributed by atoms with Crippen LogP contribution in [0.4, 0.5) is 4.79 Å². The third-order valence-corrected chi connectivity index (χ3v) is 5.09. The van der Waals surface area contributed by atoms with E-state index in [9.17, 15) is 15.0 Å². The third kappa shape index (κ3) is 5.54. The first-order chi connectivity index (χ1) is 11.7. The number of rotatable bonds is 5. The second-order valence-corrected chi connectivity index (χ2v) is 8.20. The molecule has 0 aromatic carbocycles. The van der Waals surface area contributed by atoms with Crippen molar-refractivity contribution in [1.82, 2.24) is 5.32 Å². The highest BCUT2D eigenvalue weighted by molar-refractivity contribution is 5.68. The van der Waals surface area contributed by atoms with Gasteiger partial charge < -0.3 is 29.7 Å². The summed E-state index contributed by atoms with van der Waals surface area (Å²) in [5.41, 5.74) is -0.601. The molecule has 1 saturated heterocycles. The van der Waals surface area contributed by atoms with Crippen LogP contribution in [0.25, 0.3) is 0 Å². The molecule has 146 valence electrons. The Labute approximate surface area is 150 Å².